The molecule has 1 unspecified atom stereocenters. The summed E-state index contributed by atoms with van der Waals surface area (Å²) in [4.78, 5) is 2.18. The van der Waals surface area contributed by atoms with Crippen LogP contribution in [0, 0.1) is 0 Å². The van der Waals surface area contributed by atoms with Gasteiger partial charge in [-0.1, -0.05) is 18.2 Å². The summed E-state index contributed by atoms with van der Waals surface area (Å²) in [5.41, 5.74) is 11.3. The van der Waals surface area contributed by atoms with E-state index in [-0.39, 0.29) is 6.04 Å². The molecule has 118 valence electrons. The quantitative estimate of drug-likeness (QED) is 0.770. The normalized spacial score (nSPS) is 16.6. The van der Waals surface area contributed by atoms with Gasteiger partial charge in [-0.25, -0.2) is 4.63 Å². The van der Waals surface area contributed by atoms with Crippen LogP contribution in [-0.2, 0) is 0 Å². The monoisotopic (exact) mass is 310 g/mol. The van der Waals surface area contributed by atoms with Crippen LogP contribution in [0.4, 0.5) is 5.69 Å². The Balaban J connectivity index is 1.82. The molecule has 1 fully saturated rings. The summed E-state index contributed by atoms with van der Waals surface area (Å²) in [5, 5.41) is 17.8. The zero-order valence-corrected chi connectivity index (χ0v) is 12.8. The Morgan fingerprint density at radius 3 is 2.78 bits per heavy atom. The van der Waals surface area contributed by atoms with Crippen LogP contribution >= 0.6 is 0 Å². The van der Waals surface area contributed by atoms with Gasteiger partial charge < -0.3 is 15.7 Å². The molecule has 6 nitrogen and oxygen atoms in total. The Morgan fingerprint density at radius 2 is 2.04 bits per heavy atom. The van der Waals surface area contributed by atoms with Crippen LogP contribution in [0.3, 0.4) is 0 Å². The molecule has 3 aromatic rings. The molecule has 2 heterocycles. The predicted octanol–water partition coefficient (Wildman–Crippen LogP) is 2.09. The molecule has 0 radical (unpaired) electrons. The lowest BCUT2D eigenvalue weighted by Crippen LogP contribution is -2.55. The van der Waals surface area contributed by atoms with Crippen molar-refractivity contribution in [2.75, 3.05) is 18.0 Å². The van der Waals surface area contributed by atoms with E-state index in [0.29, 0.717) is 0 Å². The molecule has 0 aliphatic carbocycles. The first-order valence-electron chi connectivity index (χ1n) is 7.67. The SMILES string of the molecule is CC(O)c1cccc(-c2cc(N3CC(N)C3)c3nonc3c2)c1. The van der Waals surface area contributed by atoms with Crippen LogP contribution in [0.25, 0.3) is 22.2 Å². The number of benzene rings is 2. The maximum Gasteiger partial charge on any atom is 0.158 e. The number of aliphatic hydroxyl groups is 1. The average molecular weight is 310 g/mol. The van der Waals surface area contributed by atoms with E-state index in [1.165, 1.54) is 0 Å². The van der Waals surface area contributed by atoms with Gasteiger partial charge in [0.2, 0.25) is 0 Å². The summed E-state index contributed by atoms with van der Waals surface area (Å²) < 4.78 is 4.91. The highest BCUT2D eigenvalue weighted by atomic mass is 16.6. The van der Waals surface area contributed by atoms with Crippen LogP contribution in [0.2, 0.25) is 0 Å². The van der Waals surface area contributed by atoms with Gasteiger partial charge in [0.25, 0.3) is 0 Å². The molecule has 6 heteroatoms. The fourth-order valence-corrected chi connectivity index (χ4v) is 2.97. The van der Waals surface area contributed by atoms with Gasteiger partial charge in [0.1, 0.15) is 5.52 Å². The zero-order valence-electron chi connectivity index (χ0n) is 12.8. The van der Waals surface area contributed by atoms with Gasteiger partial charge in [-0.05, 0) is 52.1 Å². The second-order valence-corrected chi connectivity index (χ2v) is 6.09. The van der Waals surface area contributed by atoms with Crippen molar-refractivity contribution in [2.45, 2.75) is 19.1 Å². The smallest absolute Gasteiger partial charge is 0.158 e. The molecule has 3 N–H and O–H groups in total. The summed E-state index contributed by atoms with van der Waals surface area (Å²) in [7, 11) is 0. The molecule has 0 spiro atoms. The molecule has 0 bridgehead atoms. The molecular formula is C17H18N4O2. The maximum atomic E-state index is 9.79. The van der Waals surface area contributed by atoms with Crippen molar-refractivity contribution in [1.29, 1.82) is 0 Å². The highest BCUT2D eigenvalue weighted by Gasteiger charge is 2.26. The van der Waals surface area contributed by atoms with E-state index in [4.69, 9.17) is 10.4 Å². The van der Waals surface area contributed by atoms with Crippen molar-refractivity contribution in [3.05, 3.63) is 42.0 Å². The van der Waals surface area contributed by atoms with Gasteiger partial charge in [-0.15, -0.1) is 0 Å². The highest BCUT2D eigenvalue weighted by molar-refractivity contribution is 5.93. The Bertz CT molecular complexity index is 853. The maximum absolute atomic E-state index is 9.79. The minimum absolute atomic E-state index is 0.201. The number of aromatic nitrogens is 2. The van der Waals surface area contributed by atoms with Crippen LogP contribution in [0.1, 0.15) is 18.6 Å². The first kappa shape index (κ1) is 14.2. The molecule has 0 amide bonds. The van der Waals surface area contributed by atoms with Crippen molar-refractivity contribution in [3.63, 3.8) is 0 Å². The zero-order chi connectivity index (χ0) is 16.0. The standard InChI is InChI=1S/C17H18N4O2/c1-10(22)11-3-2-4-12(5-11)13-6-15-17(20-23-19-15)16(7-13)21-8-14(18)9-21/h2-7,10,14,22H,8-9,18H2,1H3. The summed E-state index contributed by atoms with van der Waals surface area (Å²) in [6, 6.07) is 12.1. The van der Waals surface area contributed by atoms with Crippen molar-refractivity contribution < 1.29 is 9.74 Å². The molecular weight excluding hydrogens is 292 g/mol. The molecule has 2 aromatic carbocycles. The Morgan fingerprint density at radius 1 is 1.22 bits per heavy atom. The van der Waals surface area contributed by atoms with Crippen LogP contribution in [-0.4, -0.2) is 34.6 Å². The highest BCUT2D eigenvalue weighted by Crippen LogP contribution is 2.34. The van der Waals surface area contributed by atoms with Crippen LogP contribution < -0.4 is 10.6 Å². The van der Waals surface area contributed by atoms with Gasteiger partial charge in [0.15, 0.2) is 5.52 Å². The van der Waals surface area contributed by atoms with E-state index >= 15 is 0 Å². The first-order valence-corrected chi connectivity index (χ1v) is 7.67. The van der Waals surface area contributed by atoms with Crippen molar-refractivity contribution >= 4 is 16.7 Å². The Hall–Kier alpha value is -2.44. The second-order valence-electron chi connectivity index (χ2n) is 6.09. The fourth-order valence-electron chi connectivity index (χ4n) is 2.97. The van der Waals surface area contributed by atoms with Crippen molar-refractivity contribution in [3.8, 4) is 11.1 Å². The number of aliphatic hydroxyl groups excluding tert-OH is 1. The number of hydrogen-bond donors (Lipinski definition) is 2. The Labute approximate surface area is 133 Å². The van der Waals surface area contributed by atoms with Gasteiger partial charge in [0.05, 0.1) is 11.8 Å². The topological polar surface area (TPSA) is 88.4 Å². The summed E-state index contributed by atoms with van der Waals surface area (Å²) in [6.07, 6.45) is -0.500. The number of nitrogens with two attached hydrogens (primary N) is 1. The van der Waals surface area contributed by atoms with E-state index in [2.05, 4.69) is 21.3 Å². The van der Waals surface area contributed by atoms with Crippen molar-refractivity contribution in [1.82, 2.24) is 10.3 Å². The van der Waals surface area contributed by atoms with E-state index < -0.39 is 6.10 Å². The minimum Gasteiger partial charge on any atom is -0.389 e. The lowest BCUT2D eigenvalue weighted by Gasteiger charge is -2.38. The molecule has 0 saturated carbocycles. The fraction of sp³-hybridized carbons (Fsp3) is 0.294. The third-order valence-electron chi connectivity index (χ3n) is 4.29. The lowest BCUT2D eigenvalue weighted by atomic mass is 9.98. The molecule has 1 aliphatic heterocycles. The van der Waals surface area contributed by atoms with Gasteiger partial charge in [-0.2, -0.15) is 0 Å². The van der Waals surface area contributed by atoms with E-state index in [1.807, 2.05) is 30.3 Å². The molecule has 1 aromatic heterocycles. The minimum atomic E-state index is -0.500. The second kappa shape index (κ2) is 5.33. The Kier molecular flexibility index (Phi) is 3.28. The summed E-state index contributed by atoms with van der Waals surface area (Å²) >= 11 is 0. The summed E-state index contributed by atoms with van der Waals surface area (Å²) in [6.45, 7) is 3.37. The number of hydrogen-bond acceptors (Lipinski definition) is 6. The number of anilines is 1. The van der Waals surface area contributed by atoms with Crippen LogP contribution in [0.15, 0.2) is 41.0 Å². The molecule has 23 heavy (non-hydrogen) atoms. The largest absolute Gasteiger partial charge is 0.389 e. The van der Waals surface area contributed by atoms with E-state index in [9.17, 15) is 5.11 Å². The first-order chi connectivity index (χ1) is 11.1. The number of rotatable bonds is 3. The van der Waals surface area contributed by atoms with Crippen molar-refractivity contribution in [2.24, 2.45) is 5.73 Å². The molecule has 1 atom stereocenters. The number of fused-ring (bicyclic) bond motifs is 1. The van der Waals surface area contributed by atoms with E-state index in [1.54, 1.807) is 6.92 Å². The molecule has 1 saturated heterocycles. The molecule has 1 aliphatic rings. The van der Waals surface area contributed by atoms with Gasteiger partial charge >= 0.3 is 0 Å². The number of nitrogens with zero attached hydrogens (tertiary/aromatic N) is 3. The van der Waals surface area contributed by atoms with E-state index in [0.717, 1.165) is 46.5 Å². The third kappa shape index (κ3) is 2.46. The van der Waals surface area contributed by atoms with Gasteiger partial charge in [0, 0.05) is 19.1 Å². The summed E-state index contributed by atoms with van der Waals surface area (Å²) in [5.74, 6) is 0. The lowest BCUT2D eigenvalue weighted by molar-refractivity contribution is 0.199. The van der Waals surface area contributed by atoms with Gasteiger partial charge in [-0.3, -0.25) is 0 Å². The van der Waals surface area contributed by atoms with Crippen LogP contribution in [0.5, 0.6) is 0 Å². The average Bonchev–Trinajstić information content (AvgIpc) is 2.99. The molecule has 4 rings (SSSR count). The third-order valence-corrected chi connectivity index (χ3v) is 4.29. The predicted molar refractivity (Wildman–Crippen MR) is 88.1 cm³/mol.